The molecule has 0 atom stereocenters. The topological polar surface area (TPSA) is 48.8 Å². The number of aliphatic imine (C=N–C) groups is 2. The van der Waals surface area contributed by atoms with Crippen LogP contribution in [-0.4, -0.2) is 25.5 Å². The van der Waals surface area contributed by atoms with E-state index in [1.807, 2.05) is 53.9 Å². The van der Waals surface area contributed by atoms with Crippen LogP contribution in [0.1, 0.15) is 27.7 Å². The lowest BCUT2D eigenvalue weighted by Crippen LogP contribution is -1.95. The molecule has 0 saturated carbocycles. The summed E-state index contributed by atoms with van der Waals surface area (Å²) in [6, 6.07) is 4.03. The summed E-state index contributed by atoms with van der Waals surface area (Å²) >= 11 is 0. The Morgan fingerprint density at radius 3 is 1.44 bits per heavy atom. The molecule has 0 spiro atoms. The molecule has 0 unspecified atom stereocenters. The molecule has 18 heavy (non-hydrogen) atoms. The molecule has 0 aromatic heterocycles. The molecular formula is C14H22N4. The van der Waals surface area contributed by atoms with Crippen LogP contribution in [0, 0.1) is 0 Å². The minimum Gasteiger partial charge on any atom is -0.386 e. The second kappa shape index (κ2) is 6.19. The maximum Gasteiger partial charge on any atom is 0.0883 e. The van der Waals surface area contributed by atoms with Gasteiger partial charge < -0.3 is 10.6 Å². The summed E-state index contributed by atoms with van der Waals surface area (Å²) in [5.41, 5.74) is 5.85. The molecule has 4 heteroatoms. The Bertz CT molecular complexity index is 438. The molecule has 0 aliphatic rings. The standard InChI is InChI=1S/C14H22N4/c1-9(2)17-13-8-14(18-10(3)4)12(16-6)7-11(13)15-5/h7-8,15-16H,1-6H3. The van der Waals surface area contributed by atoms with Gasteiger partial charge in [-0.3, -0.25) is 9.98 Å². The summed E-state index contributed by atoms with van der Waals surface area (Å²) in [5.74, 6) is 0. The predicted octanol–water partition coefficient (Wildman–Crippen LogP) is 3.99. The zero-order valence-corrected chi connectivity index (χ0v) is 12.0. The van der Waals surface area contributed by atoms with E-state index in [0.29, 0.717) is 0 Å². The summed E-state index contributed by atoms with van der Waals surface area (Å²) in [5, 5.41) is 6.32. The third kappa shape index (κ3) is 3.58. The average molecular weight is 246 g/mol. The van der Waals surface area contributed by atoms with Crippen molar-refractivity contribution in [3.63, 3.8) is 0 Å². The lowest BCUT2D eigenvalue weighted by molar-refractivity contribution is 1.38. The Labute approximate surface area is 109 Å². The monoisotopic (exact) mass is 246 g/mol. The second-order valence-electron chi connectivity index (χ2n) is 4.50. The van der Waals surface area contributed by atoms with Gasteiger partial charge in [0, 0.05) is 25.5 Å². The molecule has 0 fully saturated rings. The minimum absolute atomic E-state index is 0.913. The lowest BCUT2D eigenvalue weighted by atomic mass is 10.2. The maximum atomic E-state index is 4.53. The van der Waals surface area contributed by atoms with Gasteiger partial charge in [0.2, 0.25) is 0 Å². The highest BCUT2D eigenvalue weighted by molar-refractivity contribution is 5.90. The molecule has 1 aromatic rings. The van der Waals surface area contributed by atoms with E-state index in [0.717, 1.165) is 34.2 Å². The zero-order valence-electron chi connectivity index (χ0n) is 12.0. The number of benzene rings is 1. The zero-order chi connectivity index (χ0) is 13.7. The number of nitrogens with zero attached hydrogens (tertiary/aromatic N) is 2. The van der Waals surface area contributed by atoms with E-state index in [1.54, 1.807) is 0 Å². The number of anilines is 2. The molecule has 0 aliphatic heterocycles. The van der Waals surface area contributed by atoms with Crippen molar-refractivity contribution in [1.29, 1.82) is 0 Å². The molecule has 98 valence electrons. The van der Waals surface area contributed by atoms with Crippen LogP contribution in [0.25, 0.3) is 0 Å². The van der Waals surface area contributed by atoms with Crippen LogP contribution in [-0.2, 0) is 0 Å². The van der Waals surface area contributed by atoms with Crippen molar-refractivity contribution in [2.45, 2.75) is 27.7 Å². The smallest absolute Gasteiger partial charge is 0.0883 e. The Hall–Kier alpha value is -1.84. The fourth-order valence-electron chi connectivity index (χ4n) is 1.64. The first-order valence-electron chi connectivity index (χ1n) is 6.05. The number of rotatable bonds is 4. The van der Waals surface area contributed by atoms with E-state index in [4.69, 9.17) is 0 Å². The van der Waals surface area contributed by atoms with E-state index in [-0.39, 0.29) is 0 Å². The normalized spacial score (nSPS) is 9.67. The largest absolute Gasteiger partial charge is 0.386 e. The molecule has 1 rings (SSSR count). The van der Waals surface area contributed by atoms with Crippen molar-refractivity contribution in [3.8, 4) is 0 Å². The van der Waals surface area contributed by atoms with Gasteiger partial charge in [-0.2, -0.15) is 0 Å². The van der Waals surface area contributed by atoms with Crippen molar-refractivity contribution in [1.82, 2.24) is 0 Å². The SMILES string of the molecule is CNc1cc(NC)c(N=C(C)C)cc1N=C(C)C. The van der Waals surface area contributed by atoms with Crippen LogP contribution >= 0.6 is 0 Å². The van der Waals surface area contributed by atoms with Crippen LogP contribution in [0.3, 0.4) is 0 Å². The van der Waals surface area contributed by atoms with E-state index < -0.39 is 0 Å². The van der Waals surface area contributed by atoms with Gasteiger partial charge in [-0.1, -0.05) is 0 Å². The predicted molar refractivity (Wildman–Crippen MR) is 82.4 cm³/mol. The lowest BCUT2D eigenvalue weighted by Gasteiger charge is -2.12. The first-order chi connectivity index (χ1) is 8.47. The van der Waals surface area contributed by atoms with Crippen molar-refractivity contribution in [2.75, 3.05) is 24.7 Å². The molecule has 0 bridgehead atoms. The third-order valence-electron chi connectivity index (χ3n) is 2.34. The van der Waals surface area contributed by atoms with E-state index in [2.05, 4.69) is 20.6 Å². The van der Waals surface area contributed by atoms with Crippen molar-refractivity contribution in [2.24, 2.45) is 9.98 Å². The van der Waals surface area contributed by atoms with E-state index in [1.165, 1.54) is 0 Å². The Morgan fingerprint density at radius 2 is 1.17 bits per heavy atom. The van der Waals surface area contributed by atoms with Gasteiger partial charge in [0.05, 0.1) is 22.7 Å². The van der Waals surface area contributed by atoms with Gasteiger partial charge in [-0.05, 0) is 39.8 Å². The molecule has 1 aromatic carbocycles. The van der Waals surface area contributed by atoms with Gasteiger partial charge in [0.1, 0.15) is 0 Å². The molecule has 0 saturated heterocycles. The molecule has 0 aliphatic carbocycles. The summed E-state index contributed by atoms with van der Waals surface area (Å²) in [6.07, 6.45) is 0. The van der Waals surface area contributed by atoms with Gasteiger partial charge in [0.25, 0.3) is 0 Å². The maximum absolute atomic E-state index is 4.53. The highest BCUT2D eigenvalue weighted by Gasteiger charge is 2.07. The van der Waals surface area contributed by atoms with Gasteiger partial charge in [-0.15, -0.1) is 0 Å². The first kappa shape index (κ1) is 14.2. The van der Waals surface area contributed by atoms with Crippen LogP contribution < -0.4 is 10.6 Å². The fourth-order valence-corrected chi connectivity index (χ4v) is 1.64. The van der Waals surface area contributed by atoms with Crippen molar-refractivity contribution in [3.05, 3.63) is 12.1 Å². The third-order valence-corrected chi connectivity index (χ3v) is 2.34. The fraction of sp³-hybridized carbons (Fsp3) is 0.429. The van der Waals surface area contributed by atoms with Crippen LogP contribution in [0.5, 0.6) is 0 Å². The molecule has 0 heterocycles. The first-order valence-corrected chi connectivity index (χ1v) is 6.05. The highest BCUT2D eigenvalue weighted by Crippen LogP contribution is 2.36. The number of nitrogens with one attached hydrogen (secondary N) is 2. The molecular weight excluding hydrogens is 224 g/mol. The minimum atomic E-state index is 0.913. The van der Waals surface area contributed by atoms with Crippen molar-refractivity contribution < 1.29 is 0 Å². The highest BCUT2D eigenvalue weighted by atomic mass is 14.9. The molecule has 0 radical (unpaired) electrons. The number of hydrogen-bond acceptors (Lipinski definition) is 4. The Morgan fingerprint density at radius 1 is 0.778 bits per heavy atom. The Balaban J connectivity index is 3.43. The van der Waals surface area contributed by atoms with Gasteiger partial charge >= 0.3 is 0 Å². The summed E-state index contributed by atoms with van der Waals surface area (Å²) in [4.78, 5) is 9.06. The van der Waals surface area contributed by atoms with Gasteiger partial charge in [-0.25, -0.2) is 0 Å². The molecule has 2 N–H and O–H groups in total. The summed E-state index contributed by atoms with van der Waals surface area (Å²) in [6.45, 7) is 7.94. The van der Waals surface area contributed by atoms with Crippen LogP contribution in [0.15, 0.2) is 22.1 Å². The average Bonchev–Trinajstić information content (AvgIpc) is 2.28. The van der Waals surface area contributed by atoms with Crippen molar-refractivity contribution >= 4 is 34.2 Å². The quantitative estimate of drug-likeness (QED) is 0.789. The van der Waals surface area contributed by atoms with Crippen LogP contribution in [0.2, 0.25) is 0 Å². The molecule has 4 nitrogen and oxygen atoms in total. The molecule has 0 amide bonds. The van der Waals surface area contributed by atoms with E-state index in [9.17, 15) is 0 Å². The van der Waals surface area contributed by atoms with Crippen LogP contribution in [0.4, 0.5) is 22.7 Å². The van der Waals surface area contributed by atoms with E-state index >= 15 is 0 Å². The summed E-state index contributed by atoms with van der Waals surface area (Å²) in [7, 11) is 3.79. The summed E-state index contributed by atoms with van der Waals surface area (Å²) < 4.78 is 0. The number of hydrogen-bond donors (Lipinski definition) is 2. The van der Waals surface area contributed by atoms with Gasteiger partial charge in [0.15, 0.2) is 0 Å². The Kier molecular flexibility index (Phi) is 4.89. The second-order valence-corrected chi connectivity index (χ2v) is 4.50.